The van der Waals surface area contributed by atoms with E-state index < -0.39 is 29.6 Å². The van der Waals surface area contributed by atoms with Crippen molar-refractivity contribution in [3.63, 3.8) is 0 Å². The third-order valence-corrected chi connectivity index (χ3v) is 13.8. The summed E-state index contributed by atoms with van der Waals surface area (Å²) in [5.74, 6) is 0.113. The Labute approximate surface area is 428 Å². The number of benzene rings is 5. The van der Waals surface area contributed by atoms with E-state index in [2.05, 4.69) is 31.1 Å². The number of anilines is 3. The molecule has 376 valence electrons. The molecule has 3 atom stereocenters. The number of ether oxygens (including phenoxy) is 4. The minimum atomic E-state index is -0.810. The lowest BCUT2D eigenvalue weighted by Crippen LogP contribution is -2.34. The molecule has 1 fully saturated rings. The highest BCUT2D eigenvalue weighted by Gasteiger charge is 2.38. The summed E-state index contributed by atoms with van der Waals surface area (Å²) in [7, 11) is 1.57. The third-order valence-electron chi connectivity index (χ3n) is 12.3. The van der Waals surface area contributed by atoms with Crippen LogP contribution < -0.4 is 30.4 Å². The van der Waals surface area contributed by atoms with Crippen LogP contribution in [0.5, 0.6) is 11.5 Å². The van der Waals surface area contributed by atoms with Gasteiger partial charge in [0.15, 0.2) is 6.29 Å². The van der Waals surface area contributed by atoms with Gasteiger partial charge in [-0.15, -0.1) is 23.4 Å². The Kier molecular flexibility index (Phi) is 15.1. The number of imide groups is 1. The van der Waals surface area contributed by atoms with Crippen LogP contribution in [0.2, 0.25) is 0 Å². The number of nitrogens with one attached hydrogen (secondary N) is 5. The van der Waals surface area contributed by atoms with Crippen LogP contribution >= 0.6 is 23.4 Å². The number of rotatable bonds is 18. The van der Waals surface area contributed by atoms with Gasteiger partial charge in [0.2, 0.25) is 11.8 Å². The Hall–Kier alpha value is -7.71. The maximum Gasteiger partial charge on any atom is 0.339 e. The predicted octanol–water partition coefficient (Wildman–Crippen LogP) is 9.43. The van der Waals surface area contributed by atoms with Crippen LogP contribution in [-0.4, -0.2) is 101 Å². The summed E-state index contributed by atoms with van der Waals surface area (Å²) in [6.45, 7) is 5.59. The maximum atomic E-state index is 14.1. The Balaban J connectivity index is 0.780. The highest BCUT2D eigenvalue weighted by molar-refractivity contribution is 8.00. The summed E-state index contributed by atoms with van der Waals surface area (Å²) in [6.07, 6.45) is -0.277. The number of aromatic amines is 2. The fraction of sp³-hybridized carbons (Fsp3) is 0.264. The van der Waals surface area contributed by atoms with E-state index in [9.17, 15) is 28.8 Å². The topological polar surface area (TPSA) is 226 Å². The third kappa shape index (κ3) is 11.2. The highest BCUT2D eigenvalue weighted by atomic mass is 35.5. The van der Waals surface area contributed by atoms with Crippen molar-refractivity contribution in [2.24, 2.45) is 5.10 Å². The van der Waals surface area contributed by atoms with Crippen molar-refractivity contribution in [3.8, 4) is 11.5 Å². The smallest absolute Gasteiger partial charge is 0.339 e. The SMILES string of the molecule is CCSC1CC(=O)N(CCOC(OCC/C(C)=N\NC(=O)Nc2ccc3[nH]c(C(=O)Nc4ccc5[nH]c(C(=O)N6CC(Cl)c7c6cc(OC(C)=O)c6ccccc76)cc5c4)cc3c2)c2ccc(OC)cc2)C1=O. The lowest BCUT2D eigenvalue weighted by atomic mass is 10.0. The Morgan fingerprint density at radius 2 is 1.51 bits per heavy atom. The van der Waals surface area contributed by atoms with Gasteiger partial charge in [-0.3, -0.25) is 28.9 Å². The molecule has 0 bridgehead atoms. The van der Waals surface area contributed by atoms with Gasteiger partial charge in [-0.2, -0.15) is 5.10 Å². The molecule has 5 N–H and O–H groups in total. The fourth-order valence-electron chi connectivity index (χ4n) is 8.83. The highest BCUT2D eigenvalue weighted by Crippen LogP contribution is 2.47. The number of hydrogen-bond acceptors (Lipinski definition) is 12. The predicted molar refractivity (Wildman–Crippen MR) is 281 cm³/mol. The number of halogens is 1. The van der Waals surface area contributed by atoms with E-state index in [1.807, 2.05) is 43.3 Å². The average Bonchev–Trinajstić information content (AvgIpc) is 4.15. The first-order valence-corrected chi connectivity index (χ1v) is 24.9. The second kappa shape index (κ2) is 22.0. The Morgan fingerprint density at radius 3 is 2.21 bits per heavy atom. The van der Waals surface area contributed by atoms with Crippen LogP contribution in [0, 0.1) is 0 Å². The van der Waals surface area contributed by atoms with Crippen molar-refractivity contribution in [3.05, 3.63) is 126 Å². The molecular formula is C53H51ClN8O10S. The molecule has 73 heavy (non-hydrogen) atoms. The van der Waals surface area contributed by atoms with E-state index in [0.717, 1.165) is 22.1 Å². The number of carbonyl (C=O) groups excluding carboxylic acids is 6. The number of alkyl halides is 1. The van der Waals surface area contributed by atoms with Crippen LogP contribution in [0.1, 0.15) is 77.4 Å². The van der Waals surface area contributed by atoms with Crippen molar-refractivity contribution in [2.75, 3.05) is 54.7 Å². The molecule has 9 rings (SSSR count). The van der Waals surface area contributed by atoms with Gasteiger partial charge in [-0.1, -0.05) is 43.3 Å². The van der Waals surface area contributed by atoms with Crippen LogP contribution in [-0.2, 0) is 23.9 Å². The molecule has 4 heterocycles. The summed E-state index contributed by atoms with van der Waals surface area (Å²) in [5, 5.41) is 11.9. The van der Waals surface area contributed by atoms with Gasteiger partial charge in [0.25, 0.3) is 11.8 Å². The molecule has 6 amide bonds. The molecule has 0 saturated carbocycles. The first kappa shape index (κ1) is 50.2. The summed E-state index contributed by atoms with van der Waals surface area (Å²) in [6, 6.07) is 29.5. The first-order chi connectivity index (χ1) is 35.3. The van der Waals surface area contributed by atoms with Gasteiger partial charge in [0.1, 0.15) is 22.9 Å². The van der Waals surface area contributed by atoms with E-state index >= 15 is 0 Å². The molecule has 0 radical (unpaired) electrons. The molecule has 1 saturated heterocycles. The van der Waals surface area contributed by atoms with Gasteiger partial charge >= 0.3 is 12.0 Å². The van der Waals surface area contributed by atoms with Gasteiger partial charge in [0, 0.05) is 87.8 Å². The van der Waals surface area contributed by atoms with Crippen molar-refractivity contribution in [1.82, 2.24) is 20.3 Å². The first-order valence-electron chi connectivity index (χ1n) is 23.5. The lowest BCUT2D eigenvalue weighted by Gasteiger charge is -2.21. The molecule has 3 unspecified atom stereocenters. The van der Waals surface area contributed by atoms with Crippen molar-refractivity contribution in [1.29, 1.82) is 0 Å². The van der Waals surface area contributed by atoms with E-state index in [4.69, 9.17) is 30.5 Å². The number of urea groups is 1. The van der Waals surface area contributed by atoms with Gasteiger partial charge < -0.3 is 44.4 Å². The second-order valence-electron chi connectivity index (χ2n) is 17.3. The number of likely N-dealkylation sites (tertiary alicyclic amines) is 1. The zero-order valence-corrected chi connectivity index (χ0v) is 41.8. The number of esters is 1. The molecule has 2 aromatic heterocycles. The normalized spacial score (nSPS) is 16.0. The van der Waals surface area contributed by atoms with Gasteiger partial charge in [-0.05, 0) is 78.7 Å². The van der Waals surface area contributed by atoms with Crippen LogP contribution in [0.15, 0.2) is 108 Å². The number of H-pyrrole nitrogens is 2. The zero-order chi connectivity index (χ0) is 51.3. The van der Waals surface area contributed by atoms with Crippen molar-refractivity contribution < 1.29 is 47.7 Å². The molecule has 18 nitrogen and oxygen atoms in total. The van der Waals surface area contributed by atoms with Crippen molar-refractivity contribution in [2.45, 2.75) is 50.5 Å². The van der Waals surface area contributed by atoms with E-state index in [-0.39, 0.29) is 61.4 Å². The molecule has 2 aliphatic heterocycles. The quantitative estimate of drug-likeness (QED) is 0.0103. The lowest BCUT2D eigenvalue weighted by molar-refractivity contribution is -0.155. The minimum absolute atomic E-state index is 0.0728. The number of amides is 6. The van der Waals surface area contributed by atoms with Gasteiger partial charge in [-0.25, -0.2) is 10.2 Å². The Morgan fingerprint density at radius 1 is 0.836 bits per heavy atom. The van der Waals surface area contributed by atoms with E-state index in [0.29, 0.717) is 73.8 Å². The minimum Gasteiger partial charge on any atom is -0.497 e. The number of aromatic nitrogens is 2. The summed E-state index contributed by atoms with van der Waals surface area (Å²) < 4.78 is 23.0. The molecule has 5 aromatic carbocycles. The fourth-order valence-corrected chi connectivity index (χ4v) is 10.1. The molecular weight excluding hydrogens is 976 g/mol. The largest absolute Gasteiger partial charge is 0.497 e. The van der Waals surface area contributed by atoms with Crippen LogP contribution in [0.3, 0.4) is 0 Å². The number of fused-ring (bicyclic) bond motifs is 5. The number of hydrazone groups is 1. The molecule has 20 heteroatoms. The number of carbonyl (C=O) groups is 6. The molecule has 0 aliphatic carbocycles. The monoisotopic (exact) mass is 1030 g/mol. The molecule has 0 spiro atoms. The summed E-state index contributed by atoms with van der Waals surface area (Å²) >= 11 is 8.31. The van der Waals surface area contributed by atoms with Crippen molar-refractivity contribution >= 4 is 114 Å². The maximum absolute atomic E-state index is 14.1. The number of hydrogen-bond donors (Lipinski definition) is 5. The van der Waals surface area contributed by atoms with Gasteiger partial charge in [0.05, 0.1) is 43.2 Å². The second-order valence-corrected chi connectivity index (χ2v) is 19.3. The zero-order valence-electron chi connectivity index (χ0n) is 40.2. The Bertz CT molecular complexity index is 3320. The van der Waals surface area contributed by atoms with E-state index in [1.54, 1.807) is 85.7 Å². The number of methoxy groups -OCH3 is 1. The summed E-state index contributed by atoms with van der Waals surface area (Å²) in [5.41, 5.74) is 8.02. The average molecular weight is 1030 g/mol. The molecule has 2 aliphatic rings. The summed E-state index contributed by atoms with van der Waals surface area (Å²) in [4.78, 5) is 86.8. The number of thioether (sulfide) groups is 1. The number of nitrogens with zero attached hydrogens (tertiary/aromatic N) is 3. The van der Waals surface area contributed by atoms with Crippen LogP contribution in [0.4, 0.5) is 21.9 Å². The van der Waals surface area contributed by atoms with E-state index in [1.165, 1.54) is 23.6 Å². The van der Waals surface area contributed by atoms with Crippen LogP contribution in [0.25, 0.3) is 32.6 Å². The standard InChI is InChI=1S/C53H51ClN8O10S/c1-5-73-46-27-47(64)61(51(46)67)19-21-71-52(31-10-14-36(69-4)15-11-31)70-20-18-29(2)59-60-53(68)56-35-13-17-40-32(23-35)24-42(57-40)49(65)55-34-12-16-41-33(22-34)25-43(58-41)50(66)62-28-39(54)48-38-9-7-6-8-37(38)45(26-44(48)62)72-30(3)63/h6-17,22-26,39,46,52,57-58H,5,18-21,27-28H2,1-4H3,(H,55,65)(H2,56,60,68)/b59-29-. The molecule has 7 aromatic rings.